The van der Waals surface area contributed by atoms with E-state index in [1.807, 2.05) is 0 Å². The first kappa shape index (κ1) is 15.7. The number of carbonyl (C=O) groups is 2. The Bertz CT molecular complexity index is 482. The standard InChI is InChI=1S/C11H15ClN2O4S/c1-5-17-8(15)6-7(12)19-9(13-6)14-10(16)18-11(2,3)4/h5H2,1-4H3,(H,13,14,16). The third-order valence-corrected chi connectivity index (χ3v) is 2.83. The van der Waals surface area contributed by atoms with Gasteiger partial charge in [-0.25, -0.2) is 14.6 Å². The predicted octanol–water partition coefficient (Wildman–Crippen LogP) is 3.32. The van der Waals surface area contributed by atoms with Crippen LogP contribution in [0.15, 0.2) is 0 Å². The van der Waals surface area contributed by atoms with Crippen LogP contribution in [-0.4, -0.2) is 29.3 Å². The number of hydrogen-bond acceptors (Lipinski definition) is 6. The molecule has 0 aromatic carbocycles. The molecule has 0 fully saturated rings. The molecular weight excluding hydrogens is 292 g/mol. The molecule has 106 valence electrons. The molecule has 0 radical (unpaired) electrons. The van der Waals surface area contributed by atoms with Crippen molar-refractivity contribution in [3.63, 3.8) is 0 Å². The molecule has 8 heteroatoms. The van der Waals surface area contributed by atoms with Crippen molar-refractivity contribution in [3.8, 4) is 0 Å². The van der Waals surface area contributed by atoms with Gasteiger partial charge in [-0.05, 0) is 27.7 Å². The fraction of sp³-hybridized carbons (Fsp3) is 0.545. The van der Waals surface area contributed by atoms with E-state index in [1.54, 1.807) is 27.7 Å². The Hall–Kier alpha value is -1.34. The minimum atomic E-state index is -0.659. The van der Waals surface area contributed by atoms with Gasteiger partial charge >= 0.3 is 12.1 Å². The van der Waals surface area contributed by atoms with Crippen LogP contribution in [0.25, 0.3) is 0 Å². The van der Waals surface area contributed by atoms with Crippen molar-refractivity contribution in [1.82, 2.24) is 4.98 Å². The average molecular weight is 307 g/mol. The second-order valence-corrected chi connectivity index (χ2v) is 6.09. The van der Waals surface area contributed by atoms with E-state index in [1.165, 1.54) is 0 Å². The minimum absolute atomic E-state index is 0.0143. The predicted molar refractivity (Wildman–Crippen MR) is 72.9 cm³/mol. The zero-order valence-corrected chi connectivity index (χ0v) is 12.6. The van der Waals surface area contributed by atoms with E-state index < -0.39 is 17.7 Å². The molecule has 1 aromatic rings. The van der Waals surface area contributed by atoms with Crippen molar-refractivity contribution in [2.45, 2.75) is 33.3 Å². The molecule has 1 aromatic heterocycles. The highest BCUT2D eigenvalue weighted by Crippen LogP contribution is 2.28. The molecule has 0 aliphatic heterocycles. The van der Waals surface area contributed by atoms with Gasteiger partial charge in [0.25, 0.3) is 0 Å². The third kappa shape index (κ3) is 5.04. The number of amides is 1. The number of rotatable bonds is 3. The van der Waals surface area contributed by atoms with Crippen molar-refractivity contribution >= 4 is 40.1 Å². The van der Waals surface area contributed by atoms with E-state index in [9.17, 15) is 9.59 Å². The lowest BCUT2D eigenvalue weighted by atomic mass is 10.2. The second-order valence-electron chi connectivity index (χ2n) is 4.49. The Labute approximate surface area is 120 Å². The Kier molecular flexibility index (Phi) is 5.13. The number of esters is 1. The van der Waals surface area contributed by atoms with E-state index in [2.05, 4.69) is 10.3 Å². The van der Waals surface area contributed by atoms with E-state index in [-0.39, 0.29) is 21.8 Å². The van der Waals surface area contributed by atoms with Crippen LogP contribution >= 0.6 is 22.9 Å². The van der Waals surface area contributed by atoms with Crippen molar-refractivity contribution in [2.75, 3.05) is 11.9 Å². The number of hydrogen-bond donors (Lipinski definition) is 1. The van der Waals surface area contributed by atoms with Crippen molar-refractivity contribution in [2.24, 2.45) is 0 Å². The smallest absolute Gasteiger partial charge is 0.413 e. The lowest BCUT2D eigenvalue weighted by Gasteiger charge is -2.18. The van der Waals surface area contributed by atoms with Crippen LogP contribution in [0.1, 0.15) is 38.2 Å². The summed E-state index contributed by atoms with van der Waals surface area (Å²) in [4.78, 5) is 26.9. The van der Waals surface area contributed by atoms with Crippen LogP contribution in [0.3, 0.4) is 0 Å². The number of nitrogens with one attached hydrogen (secondary N) is 1. The highest BCUT2D eigenvalue weighted by atomic mass is 35.5. The molecule has 1 heterocycles. The molecule has 6 nitrogen and oxygen atoms in total. The first-order chi connectivity index (χ1) is 8.73. The molecule has 0 aliphatic carbocycles. The Morgan fingerprint density at radius 3 is 2.58 bits per heavy atom. The van der Waals surface area contributed by atoms with Crippen LogP contribution < -0.4 is 5.32 Å². The molecule has 0 atom stereocenters. The van der Waals surface area contributed by atoms with E-state index in [0.717, 1.165) is 11.3 Å². The summed E-state index contributed by atoms with van der Waals surface area (Å²) in [5.74, 6) is -0.624. The summed E-state index contributed by atoms with van der Waals surface area (Å²) in [5.41, 5.74) is -0.630. The maximum Gasteiger partial charge on any atom is 0.413 e. The average Bonchev–Trinajstić information content (AvgIpc) is 2.56. The number of halogens is 1. The topological polar surface area (TPSA) is 77.5 Å². The highest BCUT2D eigenvalue weighted by molar-refractivity contribution is 7.20. The summed E-state index contributed by atoms with van der Waals surface area (Å²) in [5, 5.41) is 2.59. The number of thiazole rings is 1. The fourth-order valence-corrected chi connectivity index (χ4v) is 2.08. The van der Waals surface area contributed by atoms with Crippen LogP contribution in [0.5, 0.6) is 0 Å². The largest absolute Gasteiger partial charge is 0.461 e. The lowest BCUT2D eigenvalue weighted by Crippen LogP contribution is -2.27. The second kappa shape index (κ2) is 6.21. The lowest BCUT2D eigenvalue weighted by molar-refractivity contribution is 0.0519. The molecular formula is C11H15ClN2O4S. The number of ether oxygens (including phenoxy) is 2. The van der Waals surface area contributed by atoms with Crippen LogP contribution in [0, 0.1) is 0 Å². The summed E-state index contributed by atoms with van der Waals surface area (Å²) < 4.78 is 10.00. The molecule has 1 N–H and O–H groups in total. The summed E-state index contributed by atoms with van der Waals surface area (Å²) in [6, 6.07) is 0. The van der Waals surface area contributed by atoms with Gasteiger partial charge in [0.05, 0.1) is 6.61 Å². The summed E-state index contributed by atoms with van der Waals surface area (Å²) in [6.45, 7) is 7.13. The number of carbonyl (C=O) groups excluding carboxylic acids is 2. The zero-order valence-electron chi connectivity index (χ0n) is 11.1. The third-order valence-electron chi connectivity index (χ3n) is 1.66. The van der Waals surface area contributed by atoms with Gasteiger partial charge in [0.15, 0.2) is 10.8 Å². The van der Waals surface area contributed by atoms with Crippen LogP contribution in [-0.2, 0) is 9.47 Å². The fourth-order valence-electron chi connectivity index (χ4n) is 1.07. The van der Waals surface area contributed by atoms with E-state index >= 15 is 0 Å². The molecule has 0 spiro atoms. The van der Waals surface area contributed by atoms with E-state index in [0.29, 0.717) is 0 Å². The van der Waals surface area contributed by atoms with Crippen molar-refractivity contribution in [3.05, 3.63) is 10.0 Å². The van der Waals surface area contributed by atoms with Crippen LogP contribution in [0.4, 0.5) is 9.93 Å². The summed E-state index contributed by atoms with van der Waals surface area (Å²) in [6.07, 6.45) is -0.659. The summed E-state index contributed by atoms with van der Waals surface area (Å²) in [7, 11) is 0. The minimum Gasteiger partial charge on any atom is -0.461 e. The molecule has 0 aliphatic rings. The molecule has 0 saturated carbocycles. The van der Waals surface area contributed by atoms with Crippen molar-refractivity contribution in [1.29, 1.82) is 0 Å². The van der Waals surface area contributed by atoms with Gasteiger partial charge in [-0.3, -0.25) is 5.32 Å². The Morgan fingerprint density at radius 2 is 2.05 bits per heavy atom. The molecule has 19 heavy (non-hydrogen) atoms. The molecule has 0 bridgehead atoms. The van der Waals surface area contributed by atoms with E-state index in [4.69, 9.17) is 21.1 Å². The normalized spacial score (nSPS) is 11.0. The number of anilines is 1. The van der Waals surface area contributed by atoms with Crippen molar-refractivity contribution < 1.29 is 19.1 Å². The molecule has 1 rings (SSSR count). The molecule has 0 saturated heterocycles. The van der Waals surface area contributed by atoms with Gasteiger partial charge in [0, 0.05) is 0 Å². The summed E-state index contributed by atoms with van der Waals surface area (Å²) >= 11 is 6.82. The Balaban J connectivity index is 2.74. The van der Waals surface area contributed by atoms with Crippen LogP contribution in [0.2, 0.25) is 4.34 Å². The van der Waals surface area contributed by atoms with Gasteiger partial charge in [-0.1, -0.05) is 22.9 Å². The molecule has 0 unspecified atom stereocenters. The SMILES string of the molecule is CCOC(=O)c1nc(NC(=O)OC(C)(C)C)sc1Cl. The van der Waals surface area contributed by atoms with Gasteiger partial charge in [-0.15, -0.1) is 0 Å². The van der Waals surface area contributed by atoms with Gasteiger partial charge in [-0.2, -0.15) is 0 Å². The Morgan fingerprint density at radius 1 is 1.42 bits per heavy atom. The van der Waals surface area contributed by atoms with Gasteiger partial charge in [0.1, 0.15) is 9.94 Å². The zero-order chi connectivity index (χ0) is 14.6. The number of nitrogens with zero attached hydrogens (tertiary/aromatic N) is 1. The maximum absolute atomic E-state index is 11.5. The number of aromatic nitrogens is 1. The van der Waals surface area contributed by atoms with Gasteiger partial charge < -0.3 is 9.47 Å². The first-order valence-electron chi connectivity index (χ1n) is 5.56. The highest BCUT2D eigenvalue weighted by Gasteiger charge is 2.21. The monoisotopic (exact) mass is 306 g/mol. The first-order valence-corrected chi connectivity index (χ1v) is 6.76. The van der Waals surface area contributed by atoms with Gasteiger partial charge in [0.2, 0.25) is 0 Å². The molecule has 1 amide bonds. The maximum atomic E-state index is 11.5. The quantitative estimate of drug-likeness (QED) is 0.867.